The van der Waals surface area contributed by atoms with E-state index >= 15 is 0 Å². The molecule has 1 saturated heterocycles. The fourth-order valence-corrected chi connectivity index (χ4v) is 4.16. The number of anilines is 1. The minimum Gasteiger partial charge on any atom is -0.465 e. The number of halogens is 1. The predicted octanol–water partition coefficient (Wildman–Crippen LogP) is 2.86. The van der Waals surface area contributed by atoms with Crippen LogP contribution in [0.3, 0.4) is 0 Å². The van der Waals surface area contributed by atoms with Crippen LogP contribution < -0.4 is 4.90 Å². The predicted molar refractivity (Wildman–Crippen MR) is 114 cm³/mol. The Balaban J connectivity index is 1.49. The number of aromatic nitrogens is 2. The second-order valence-electron chi connectivity index (χ2n) is 7.58. The monoisotopic (exact) mass is 456 g/mol. The smallest absolute Gasteiger partial charge is 0.410 e. The van der Waals surface area contributed by atoms with Crippen molar-refractivity contribution in [1.29, 1.82) is 5.26 Å². The van der Waals surface area contributed by atoms with Crippen LogP contribution in [0.15, 0.2) is 30.3 Å². The maximum Gasteiger partial charge on any atom is 0.410 e. The van der Waals surface area contributed by atoms with Crippen LogP contribution in [0.1, 0.15) is 23.2 Å². The van der Waals surface area contributed by atoms with Crippen molar-refractivity contribution >= 4 is 29.6 Å². The molecule has 0 bridgehead atoms. The number of hydrogen-bond acceptors (Lipinski definition) is 7. The van der Waals surface area contributed by atoms with Gasteiger partial charge in [-0.2, -0.15) is 5.26 Å². The molecular weight excluding hydrogens is 436 g/mol. The van der Waals surface area contributed by atoms with Gasteiger partial charge in [0, 0.05) is 25.2 Å². The number of carboxylic acid groups (broad SMARTS) is 1. The number of carbonyl (C=O) groups is 2. The first-order chi connectivity index (χ1) is 15.5. The Morgan fingerprint density at radius 2 is 2.00 bits per heavy atom. The second-order valence-corrected chi connectivity index (χ2v) is 7.91. The number of hydrogen-bond donors (Lipinski definition) is 1. The average Bonchev–Trinajstić information content (AvgIpc) is 3.22. The fraction of sp³-hybridized carbons (Fsp3) is 0.381. The third-order valence-corrected chi connectivity index (χ3v) is 5.72. The van der Waals surface area contributed by atoms with Gasteiger partial charge < -0.3 is 19.6 Å². The summed E-state index contributed by atoms with van der Waals surface area (Å²) in [5, 5.41) is 18.7. The first kappa shape index (κ1) is 21.6. The van der Waals surface area contributed by atoms with E-state index in [0.717, 1.165) is 5.56 Å². The summed E-state index contributed by atoms with van der Waals surface area (Å²) in [5.74, 6) is 0.545. The Morgan fingerprint density at radius 3 is 2.72 bits per heavy atom. The molecule has 1 atom stereocenters. The molecule has 166 valence electrons. The first-order valence-corrected chi connectivity index (χ1v) is 10.5. The largest absolute Gasteiger partial charge is 0.465 e. The Bertz CT molecular complexity index is 1060. The molecule has 0 saturated carbocycles. The average molecular weight is 457 g/mol. The van der Waals surface area contributed by atoms with E-state index < -0.39 is 18.2 Å². The van der Waals surface area contributed by atoms with Gasteiger partial charge >= 0.3 is 12.2 Å². The third kappa shape index (κ3) is 4.53. The van der Waals surface area contributed by atoms with E-state index in [9.17, 15) is 20.0 Å². The van der Waals surface area contributed by atoms with Crippen LogP contribution in [0.5, 0.6) is 0 Å². The summed E-state index contributed by atoms with van der Waals surface area (Å²) in [5.41, 5.74) is 2.15. The number of carbonyl (C=O) groups excluding carboxylic acids is 1. The summed E-state index contributed by atoms with van der Waals surface area (Å²) in [7, 11) is 0. The molecule has 0 radical (unpaired) electrons. The van der Waals surface area contributed by atoms with Crippen molar-refractivity contribution in [1.82, 2.24) is 19.8 Å². The van der Waals surface area contributed by atoms with Gasteiger partial charge in [-0.1, -0.05) is 30.3 Å². The fourth-order valence-electron chi connectivity index (χ4n) is 3.98. The topological polar surface area (TPSA) is 123 Å². The lowest BCUT2D eigenvalue weighted by Gasteiger charge is -2.40. The Hall–Kier alpha value is -3.58. The minimum atomic E-state index is -1.04. The summed E-state index contributed by atoms with van der Waals surface area (Å²) in [6, 6.07) is 11.1. The van der Waals surface area contributed by atoms with Gasteiger partial charge in [0.2, 0.25) is 5.28 Å². The third-order valence-electron chi connectivity index (χ3n) is 5.55. The highest BCUT2D eigenvalue weighted by molar-refractivity contribution is 6.28. The molecule has 0 spiro atoms. The number of ether oxygens (including phenoxy) is 1. The SMILES string of the molecule is N#CCC1CN(c2nc(Cl)nc3c2CN(C(=O)O)C3)CCN1C(=O)OCc1ccccc1. The van der Waals surface area contributed by atoms with Crippen LogP contribution in [0, 0.1) is 11.3 Å². The molecule has 4 rings (SSSR count). The molecule has 2 aliphatic heterocycles. The number of rotatable bonds is 4. The summed E-state index contributed by atoms with van der Waals surface area (Å²) < 4.78 is 5.46. The van der Waals surface area contributed by atoms with Gasteiger partial charge in [-0.25, -0.2) is 19.6 Å². The Morgan fingerprint density at radius 1 is 1.22 bits per heavy atom. The van der Waals surface area contributed by atoms with Crippen molar-refractivity contribution in [3.8, 4) is 6.07 Å². The van der Waals surface area contributed by atoms with Crippen molar-refractivity contribution in [2.24, 2.45) is 0 Å². The van der Waals surface area contributed by atoms with E-state index in [-0.39, 0.29) is 31.4 Å². The van der Waals surface area contributed by atoms with Gasteiger partial charge in [-0.3, -0.25) is 4.90 Å². The van der Waals surface area contributed by atoms with Gasteiger partial charge in [-0.15, -0.1) is 0 Å². The van der Waals surface area contributed by atoms with E-state index in [1.165, 1.54) is 4.90 Å². The number of benzene rings is 1. The lowest BCUT2D eigenvalue weighted by molar-refractivity contribution is 0.0767. The summed E-state index contributed by atoms with van der Waals surface area (Å²) in [6.07, 6.45) is -1.39. The Kier molecular flexibility index (Phi) is 6.28. The van der Waals surface area contributed by atoms with Crippen LogP contribution in [0.4, 0.5) is 15.4 Å². The van der Waals surface area contributed by atoms with Gasteiger partial charge in [0.25, 0.3) is 0 Å². The van der Waals surface area contributed by atoms with Crippen LogP contribution >= 0.6 is 11.6 Å². The minimum absolute atomic E-state index is 0.0347. The highest BCUT2D eigenvalue weighted by Crippen LogP contribution is 2.32. The molecule has 2 aromatic rings. The van der Waals surface area contributed by atoms with Gasteiger partial charge in [0.05, 0.1) is 37.3 Å². The van der Waals surface area contributed by atoms with Crippen molar-refractivity contribution in [2.75, 3.05) is 24.5 Å². The molecule has 10 nitrogen and oxygen atoms in total. The van der Waals surface area contributed by atoms with Crippen LogP contribution in [-0.4, -0.2) is 62.7 Å². The molecule has 1 aromatic carbocycles. The molecule has 1 unspecified atom stereocenters. The molecule has 0 aliphatic carbocycles. The summed E-state index contributed by atoms with van der Waals surface area (Å²) in [6.45, 7) is 1.58. The zero-order valence-corrected chi connectivity index (χ0v) is 17.9. The molecular formula is C21H21ClN6O4. The number of nitrogens with zero attached hydrogens (tertiary/aromatic N) is 6. The molecule has 1 fully saturated rings. The van der Waals surface area contributed by atoms with Crippen molar-refractivity contribution in [3.05, 3.63) is 52.4 Å². The molecule has 11 heteroatoms. The number of piperazine rings is 1. The lowest BCUT2D eigenvalue weighted by Crippen LogP contribution is -2.55. The molecule has 1 aromatic heterocycles. The van der Waals surface area contributed by atoms with Gasteiger partial charge in [0.15, 0.2) is 0 Å². The van der Waals surface area contributed by atoms with Crippen LogP contribution in [0.25, 0.3) is 0 Å². The summed E-state index contributed by atoms with van der Waals surface area (Å²) >= 11 is 6.10. The highest BCUT2D eigenvalue weighted by Gasteiger charge is 2.35. The normalized spacial score (nSPS) is 17.6. The van der Waals surface area contributed by atoms with Crippen molar-refractivity contribution in [2.45, 2.75) is 32.2 Å². The maximum absolute atomic E-state index is 12.7. The molecule has 1 N–H and O–H groups in total. The zero-order valence-electron chi connectivity index (χ0n) is 17.1. The number of nitriles is 1. The molecule has 2 aliphatic rings. The number of fused-ring (bicyclic) bond motifs is 1. The van der Waals surface area contributed by atoms with Crippen molar-refractivity contribution < 1.29 is 19.4 Å². The van der Waals surface area contributed by atoms with E-state index in [2.05, 4.69) is 16.0 Å². The van der Waals surface area contributed by atoms with E-state index in [1.54, 1.807) is 4.90 Å². The molecule has 32 heavy (non-hydrogen) atoms. The molecule has 2 amide bonds. The van der Waals surface area contributed by atoms with Gasteiger partial charge in [-0.05, 0) is 17.2 Å². The van der Waals surface area contributed by atoms with Crippen molar-refractivity contribution in [3.63, 3.8) is 0 Å². The molecule has 3 heterocycles. The second kappa shape index (κ2) is 9.28. The van der Waals surface area contributed by atoms with E-state index in [4.69, 9.17) is 16.3 Å². The lowest BCUT2D eigenvalue weighted by atomic mass is 10.1. The van der Waals surface area contributed by atoms with E-state index in [0.29, 0.717) is 36.7 Å². The van der Waals surface area contributed by atoms with E-state index in [1.807, 2.05) is 35.2 Å². The maximum atomic E-state index is 12.7. The van der Waals surface area contributed by atoms with Gasteiger partial charge in [0.1, 0.15) is 12.4 Å². The number of amides is 2. The summed E-state index contributed by atoms with van der Waals surface area (Å²) in [4.78, 5) is 37.4. The first-order valence-electron chi connectivity index (χ1n) is 10.1. The standard InChI is InChI=1S/C21H21ClN6O4/c22-19-24-17-12-27(20(29)30)11-16(17)18(25-19)26-8-9-28(15(10-26)6-7-23)21(31)32-13-14-4-2-1-3-5-14/h1-5,15H,6,8-13H2,(H,29,30). The van der Waals surface area contributed by atoms with Crippen LogP contribution in [-0.2, 0) is 24.4 Å². The quantitative estimate of drug-likeness (QED) is 0.696. The zero-order chi connectivity index (χ0) is 22.7. The Labute approximate surface area is 189 Å². The van der Waals surface area contributed by atoms with Crippen LogP contribution in [0.2, 0.25) is 5.28 Å². The highest BCUT2D eigenvalue weighted by atomic mass is 35.5.